The maximum atomic E-state index is 12.8. The molecule has 1 aliphatic heterocycles. The second-order valence-corrected chi connectivity index (χ2v) is 8.40. The summed E-state index contributed by atoms with van der Waals surface area (Å²) >= 11 is 0. The molecule has 1 saturated heterocycles. The van der Waals surface area contributed by atoms with Crippen molar-refractivity contribution in [3.05, 3.63) is 89.6 Å². The van der Waals surface area contributed by atoms with Gasteiger partial charge >= 0.3 is 0 Å². The molecule has 3 aromatic rings. The van der Waals surface area contributed by atoms with Gasteiger partial charge in [0.15, 0.2) is 0 Å². The number of benzene rings is 2. The summed E-state index contributed by atoms with van der Waals surface area (Å²) in [6.45, 7) is 1.87. The van der Waals surface area contributed by atoms with Gasteiger partial charge in [0.2, 0.25) is 0 Å². The lowest BCUT2D eigenvalue weighted by Crippen LogP contribution is -2.42. The monoisotopic (exact) mass is 398 g/mol. The standard InChI is InChI=1S/C25H26N4O/c26-19-10-13-27-23(16-19)29-14-11-25(12-15-29)17-22(20-8-4-5-9-21(20)25)28-24(30)18-6-2-1-3-7-18/h1-10,13,16,22H,11-12,14-15,17H2,(H2,26,27)(H,28,30)/t22-/m1/s1. The number of anilines is 2. The predicted octanol–water partition coefficient (Wildman–Crippen LogP) is 4.08. The number of hydrogen-bond acceptors (Lipinski definition) is 4. The first-order valence-electron chi connectivity index (χ1n) is 10.6. The summed E-state index contributed by atoms with van der Waals surface area (Å²) in [7, 11) is 0. The van der Waals surface area contributed by atoms with Crippen molar-refractivity contribution in [1.82, 2.24) is 10.3 Å². The molecule has 1 spiro atoms. The fourth-order valence-corrected chi connectivity index (χ4v) is 5.10. The van der Waals surface area contributed by atoms with E-state index in [1.807, 2.05) is 42.5 Å². The molecule has 1 amide bonds. The quantitative estimate of drug-likeness (QED) is 0.697. The van der Waals surface area contributed by atoms with E-state index in [1.54, 1.807) is 6.20 Å². The van der Waals surface area contributed by atoms with Crippen LogP contribution in [0.25, 0.3) is 0 Å². The molecule has 2 aromatic carbocycles. The van der Waals surface area contributed by atoms with Gasteiger partial charge in [0.1, 0.15) is 5.82 Å². The van der Waals surface area contributed by atoms with Crippen LogP contribution in [0.1, 0.15) is 46.8 Å². The molecule has 1 atom stereocenters. The summed E-state index contributed by atoms with van der Waals surface area (Å²) in [4.78, 5) is 19.6. The zero-order valence-corrected chi connectivity index (χ0v) is 16.9. The summed E-state index contributed by atoms with van der Waals surface area (Å²) in [5.74, 6) is 0.943. The molecule has 1 aromatic heterocycles. The molecule has 3 N–H and O–H groups in total. The molecular formula is C25H26N4O. The van der Waals surface area contributed by atoms with Crippen molar-refractivity contribution in [2.75, 3.05) is 23.7 Å². The van der Waals surface area contributed by atoms with Crippen molar-refractivity contribution >= 4 is 17.4 Å². The summed E-state index contributed by atoms with van der Waals surface area (Å²) in [6.07, 6.45) is 4.80. The van der Waals surface area contributed by atoms with Crippen LogP contribution in [0.15, 0.2) is 72.9 Å². The van der Waals surface area contributed by atoms with Crippen molar-refractivity contribution in [3.8, 4) is 0 Å². The van der Waals surface area contributed by atoms with E-state index in [1.165, 1.54) is 11.1 Å². The number of pyridine rings is 1. The van der Waals surface area contributed by atoms with Gasteiger partial charge in [-0.05, 0) is 48.6 Å². The van der Waals surface area contributed by atoms with E-state index in [-0.39, 0.29) is 17.4 Å². The predicted molar refractivity (Wildman–Crippen MR) is 119 cm³/mol. The van der Waals surface area contributed by atoms with Crippen molar-refractivity contribution in [2.24, 2.45) is 0 Å². The van der Waals surface area contributed by atoms with Gasteiger partial charge in [-0.1, -0.05) is 42.5 Å². The summed E-state index contributed by atoms with van der Waals surface area (Å²) in [5, 5.41) is 3.29. The highest BCUT2D eigenvalue weighted by atomic mass is 16.1. The Morgan fingerprint density at radius 3 is 2.53 bits per heavy atom. The fraction of sp³-hybridized carbons (Fsp3) is 0.280. The van der Waals surface area contributed by atoms with Crippen LogP contribution >= 0.6 is 0 Å². The van der Waals surface area contributed by atoms with E-state index >= 15 is 0 Å². The molecule has 0 saturated carbocycles. The number of amides is 1. The van der Waals surface area contributed by atoms with Crippen LogP contribution in [0.3, 0.4) is 0 Å². The highest BCUT2D eigenvalue weighted by molar-refractivity contribution is 5.94. The Morgan fingerprint density at radius 2 is 1.77 bits per heavy atom. The second kappa shape index (κ2) is 7.48. The Morgan fingerprint density at radius 1 is 1.03 bits per heavy atom. The van der Waals surface area contributed by atoms with Gasteiger partial charge < -0.3 is 16.0 Å². The Bertz CT molecular complexity index is 1060. The van der Waals surface area contributed by atoms with E-state index in [2.05, 4.69) is 39.5 Å². The average molecular weight is 399 g/mol. The number of piperidine rings is 1. The minimum atomic E-state index is -0.00569. The van der Waals surface area contributed by atoms with E-state index in [0.29, 0.717) is 5.56 Å². The number of nitrogens with two attached hydrogens (primary N) is 1. The fourth-order valence-electron chi connectivity index (χ4n) is 5.10. The maximum absolute atomic E-state index is 12.8. The first-order valence-corrected chi connectivity index (χ1v) is 10.6. The smallest absolute Gasteiger partial charge is 0.251 e. The van der Waals surface area contributed by atoms with Gasteiger partial charge in [-0.3, -0.25) is 4.79 Å². The Labute approximate surface area is 176 Å². The lowest BCUT2D eigenvalue weighted by molar-refractivity contribution is 0.0931. The van der Waals surface area contributed by atoms with Crippen molar-refractivity contribution in [1.29, 1.82) is 0 Å². The van der Waals surface area contributed by atoms with Gasteiger partial charge in [0, 0.05) is 42.0 Å². The van der Waals surface area contributed by atoms with E-state index in [9.17, 15) is 4.79 Å². The number of nitrogen functional groups attached to an aromatic ring is 1. The number of carbonyl (C=O) groups is 1. The second-order valence-electron chi connectivity index (χ2n) is 8.40. The van der Waals surface area contributed by atoms with Gasteiger partial charge in [0.05, 0.1) is 6.04 Å². The molecule has 1 fully saturated rings. The van der Waals surface area contributed by atoms with Crippen LogP contribution in [-0.4, -0.2) is 24.0 Å². The van der Waals surface area contributed by atoms with Gasteiger partial charge in [0.25, 0.3) is 5.91 Å². The molecule has 2 aliphatic rings. The number of rotatable bonds is 3. The minimum Gasteiger partial charge on any atom is -0.399 e. The first-order chi connectivity index (χ1) is 14.6. The summed E-state index contributed by atoms with van der Waals surface area (Å²) < 4.78 is 0. The minimum absolute atomic E-state index is 0.00569. The molecule has 5 rings (SSSR count). The molecule has 5 heteroatoms. The molecule has 2 heterocycles. The van der Waals surface area contributed by atoms with Crippen molar-refractivity contribution in [3.63, 3.8) is 0 Å². The molecule has 5 nitrogen and oxygen atoms in total. The number of carbonyl (C=O) groups excluding carboxylic acids is 1. The van der Waals surface area contributed by atoms with Gasteiger partial charge in [-0.15, -0.1) is 0 Å². The molecule has 1 aliphatic carbocycles. The van der Waals surface area contributed by atoms with Crippen LogP contribution in [0.2, 0.25) is 0 Å². The third kappa shape index (κ3) is 3.30. The topological polar surface area (TPSA) is 71.2 Å². The lowest BCUT2D eigenvalue weighted by Gasteiger charge is -2.41. The third-order valence-corrected chi connectivity index (χ3v) is 6.66. The van der Waals surface area contributed by atoms with Gasteiger partial charge in [-0.25, -0.2) is 4.98 Å². The van der Waals surface area contributed by atoms with E-state index < -0.39 is 0 Å². The SMILES string of the molecule is Nc1ccnc(N2CCC3(CC2)C[C@@H](NC(=O)c2ccccc2)c2ccccc23)c1. The maximum Gasteiger partial charge on any atom is 0.251 e. The number of nitrogens with one attached hydrogen (secondary N) is 1. The number of nitrogens with zero attached hydrogens (tertiary/aromatic N) is 2. The Kier molecular flexibility index (Phi) is 4.66. The lowest BCUT2D eigenvalue weighted by atomic mass is 9.73. The zero-order chi connectivity index (χ0) is 20.6. The summed E-state index contributed by atoms with van der Waals surface area (Å²) in [6, 6.07) is 21.9. The number of fused-ring (bicyclic) bond motifs is 2. The molecule has 0 unspecified atom stereocenters. The van der Waals surface area contributed by atoms with Crippen LogP contribution in [0.5, 0.6) is 0 Å². The van der Waals surface area contributed by atoms with Crippen molar-refractivity contribution < 1.29 is 4.79 Å². The molecule has 30 heavy (non-hydrogen) atoms. The largest absolute Gasteiger partial charge is 0.399 e. The third-order valence-electron chi connectivity index (χ3n) is 6.66. The number of hydrogen-bond donors (Lipinski definition) is 2. The van der Waals surface area contributed by atoms with Crippen LogP contribution in [0.4, 0.5) is 11.5 Å². The molecule has 0 radical (unpaired) electrons. The molecule has 152 valence electrons. The van der Waals surface area contributed by atoms with E-state index in [4.69, 9.17) is 5.73 Å². The highest BCUT2D eigenvalue weighted by Crippen LogP contribution is 2.51. The Hall–Kier alpha value is -3.34. The zero-order valence-electron chi connectivity index (χ0n) is 16.9. The average Bonchev–Trinajstić information content (AvgIpc) is 3.08. The normalized spacial score (nSPS) is 19.5. The highest BCUT2D eigenvalue weighted by Gasteiger charge is 2.45. The first kappa shape index (κ1) is 18.7. The van der Waals surface area contributed by atoms with E-state index in [0.717, 1.165) is 43.9 Å². The summed E-state index contributed by atoms with van der Waals surface area (Å²) in [5.41, 5.74) is 10.2. The van der Waals surface area contributed by atoms with Crippen LogP contribution in [-0.2, 0) is 5.41 Å². The van der Waals surface area contributed by atoms with Crippen LogP contribution < -0.4 is 16.0 Å². The van der Waals surface area contributed by atoms with Gasteiger partial charge in [-0.2, -0.15) is 0 Å². The van der Waals surface area contributed by atoms with Crippen LogP contribution in [0, 0.1) is 0 Å². The Balaban J connectivity index is 1.36. The van der Waals surface area contributed by atoms with Crippen molar-refractivity contribution in [2.45, 2.75) is 30.7 Å². The molecule has 0 bridgehead atoms. The molecular weight excluding hydrogens is 372 g/mol. The number of aromatic nitrogens is 1.